The minimum Gasteiger partial charge on any atom is -0.357 e. The molecule has 16 heavy (non-hydrogen) atoms. The molecule has 0 bridgehead atoms. The van der Waals surface area contributed by atoms with Gasteiger partial charge in [-0.2, -0.15) is 0 Å². The number of para-hydroxylation sites is 1. The highest BCUT2D eigenvalue weighted by Crippen LogP contribution is 2.33. The number of aromatic amines is 2. The van der Waals surface area contributed by atoms with Gasteiger partial charge in [0.05, 0.1) is 16.4 Å². The molecule has 0 saturated carbocycles. The average molecular weight is 231 g/mol. The van der Waals surface area contributed by atoms with Crippen LogP contribution in [0.15, 0.2) is 36.4 Å². The van der Waals surface area contributed by atoms with Gasteiger partial charge in [0.15, 0.2) is 0 Å². The van der Waals surface area contributed by atoms with E-state index in [-0.39, 0.29) is 0 Å². The van der Waals surface area contributed by atoms with Gasteiger partial charge < -0.3 is 9.97 Å². The van der Waals surface area contributed by atoms with Gasteiger partial charge >= 0.3 is 0 Å². The van der Waals surface area contributed by atoms with E-state index in [1.54, 1.807) is 0 Å². The fourth-order valence-corrected chi connectivity index (χ4v) is 2.26. The quantitative estimate of drug-likeness (QED) is 0.630. The number of halogens is 1. The monoisotopic (exact) mass is 230 g/mol. The smallest absolute Gasteiger partial charge is 0.0819 e. The van der Waals surface area contributed by atoms with Gasteiger partial charge in [-0.1, -0.05) is 29.8 Å². The molecule has 0 aliphatic heterocycles. The molecule has 1 aromatic carbocycles. The lowest BCUT2D eigenvalue weighted by Crippen LogP contribution is -1.78. The van der Waals surface area contributed by atoms with Crippen molar-refractivity contribution in [2.24, 2.45) is 0 Å². The third-order valence-corrected chi connectivity index (χ3v) is 3.14. The summed E-state index contributed by atoms with van der Waals surface area (Å²) in [6.07, 6.45) is 0. The van der Waals surface area contributed by atoms with Crippen molar-refractivity contribution in [3.63, 3.8) is 0 Å². The van der Waals surface area contributed by atoms with Crippen LogP contribution in [-0.2, 0) is 0 Å². The first-order valence-electron chi connectivity index (χ1n) is 5.18. The molecular formula is C13H11ClN2. The Hall–Kier alpha value is -1.67. The van der Waals surface area contributed by atoms with Crippen LogP contribution in [0.3, 0.4) is 0 Å². The summed E-state index contributed by atoms with van der Waals surface area (Å²) < 4.78 is 0. The maximum Gasteiger partial charge on any atom is 0.0819 e. The van der Waals surface area contributed by atoms with Gasteiger partial charge in [-0.3, -0.25) is 0 Å². The van der Waals surface area contributed by atoms with Crippen LogP contribution >= 0.6 is 11.6 Å². The predicted molar refractivity (Wildman–Crippen MR) is 67.8 cm³/mol. The van der Waals surface area contributed by atoms with Crippen molar-refractivity contribution in [2.45, 2.75) is 6.92 Å². The van der Waals surface area contributed by atoms with Crippen molar-refractivity contribution < 1.29 is 0 Å². The van der Waals surface area contributed by atoms with Gasteiger partial charge in [0.1, 0.15) is 0 Å². The fourth-order valence-electron chi connectivity index (χ4n) is 1.94. The highest BCUT2D eigenvalue weighted by molar-refractivity contribution is 6.38. The zero-order valence-corrected chi connectivity index (χ0v) is 9.60. The van der Waals surface area contributed by atoms with E-state index in [9.17, 15) is 0 Å². The van der Waals surface area contributed by atoms with Gasteiger partial charge in [0.25, 0.3) is 0 Å². The largest absolute Gasteiger partial charge is 0.357 e. The number of hydrogen-bond donors (Lipinski definition) is 2. The van der Waals surface area contributed by atoms with Gasteiger partial charge in [-0.15, -0.1) is 0 Å². The molecule has 2 N–H and O–H groups in total. The van der Waals surface area contributed by atoms with E-state index in [0.717, 1.165) is 33.0 Å². The molecule has 2 nitrogen and oxygen atoms in total. The predicted octanol–water partition coefficient (Wildman–Crippen LogP) is 4.12. The van der Waals surface area contributed by atoms with Crippen LogP contribution < -0.4 is 0 Å². The number of hydrogen-bond acceptors (Lipinski definition) is 0. The SMILES string of the molecule is Cc1ccc(-c2[nH]c3ccccc3c2Cl)[nH]1. The van der Waals surface area contributed by atoms with Crippen LogP contribution in [0.5, 0.6) is 0 Å². The molecule has 2 heterocycles. The van der Waals surface area contributed by atoms with E-state index < -0.39 is 0 Å². The molecule has 0 spiro atoms. The number of fused-ring (bicyclic) bond motifs is 1. The summed E-state index contributed by atoms with van der Waals surface area (Å²) in [5.74, 6) is 0. The first kappa shape index (κ1) is 9.55. The summed E-state index contributed by atoms with van der Waals surface area (Å²) in [7, 11) is 0. The molecule has 0 aliphatic carbocycles. The number of H-pyrrole nitrogens is 2. The molecule has 0 fully saturated rings. The van der Waals surface area contributed by atoms with Crippen molar-refractivity contribution in [1.29, 1.82) is 0 Å². The number of benzene rings is 1. The highest BCUT2D eigenvalue weighted by atomic mass is 35.5. The van der Waals surface area contributed by atoms with E-state index >= 15 is 0 Å². The average Bonchev–Trinajstić information content (AvgIpc) is 2.84. The van der Waals surface area contributed by atoms with Crippen molar-refractivity contribution in [3.8, 4) is 11.4 Å². The van der Waals surface area contributed by atoms with Gasteiger partial charge in [0.2, 0.25) is 0 Å². The maximum atomic E-state index is 6.35. The lowest BCUT2D eigenvalue weighted by atomic mass is 10.2. The standard InChI is InChI=1S/C13H11ClN2/c1-8-6-7-11(15-8)13-12(14)9-4-2-3-5-10(9)16-13/h2-7,15-16H,1H3. The Morgan fingerprint density at radius 2 is 1.81 bits per heavy atom. The molecule has 3 aromatic rings. The van der Waals surface area contributed by atoms with Crippen molar-refractivity contribution in [1.82, 2.24) is 9.97 Å². The maximum absolute atomic E-state index is 6.35. The Bertz CT molecular complexity index is 649. The molecule has 2 aromatic heterocycles. The third-order valence-electron chi connectivity index (χ3n) is 2.74. The summed E-state index contributed by atoms with van der Waals surface area (Å²) in [4.78, 5) is 6.61. The molecule has 80 valence electrons. The van der Waals surface area contributed by atoms with Crippen LogP contribution in [0, 0.1) is 6.92 Å². The number of aryl methyl sites for hydroxylation is 1. The third kappa shape index (κ3) is 1.34. The van der Waals surface area contributed by atoms with Crippen LogP contribution in [-0.4, -0.2) is 9.97 Å². The molecule has 0 atom stereocenters. The van der Waals surface area contributed by atoms with Crippen LogP contribution in [0.25, 0.3) is 22.3 Å². The Morgan fingerprint density at radius 3 is 2.50 bits per heavy atom. The first-order valence-corrected chi connectivity index (χ1v) is 5.55. The molecule has 3 heteroatoms. The van der Waals surface area contributed by atoms with Crippen molar-refractivity contribution in [3.05, 3.63) is 47.1 Å². The summed E-state index contributed by atoms with van der Waals surface area (Å²) in [5.41, 5.74) is 4.18. The molecular weight excluding hydrogens is 220 g/mol. The van der Waals surface area contributed by atoms with Crippen molar-refractivity contribution in [2.75, 3.05) is 0 Å². The Kier molecular flexibility index (Phi) is 2.04. The van der Waals surface area contributed by atoms with E-state index in [4.69, 9.17) is 11.6 Å². The summed E-state index contributed by atoms with van der Waals surface area (Å²) in [6.45, 7) is 2.03. The lowest BCUT2D eigenvalue weighted by molar-refractivity contribution is 1.25. The zero-order valence-electron chi connectivity index (χ0n) is 8.84. The second-order valence-electron chi connectivity index (χ2n) is 3.91. The highest BCUT2D eigenvalue weighted by Gasteiger charge is 2.11. The summed E-state index contributed by atoms with van der Waals surface area (Å²) in [6, 6.07) is 12.1. The summed E-state index contributed by atoms with van der Waals surface area (Å²) in [5, 5.41) is 1.84. The van der Waals surface area contributed by atoms with Gasteiger partial charge in [-0.05, 0) is 25.1 Å². The van der Waals surface area contributed by atoms with Crippen molar-refractivity contribution >= 4 is 22.5 Å². The topological polar surface area (TPSA) is 31.6 Å². The minimum atomic E-state index is 0.775. The number of rotatable bonds is 1. The second-order valence-corrected chi connectivity index (χ2v) is 4.29. The Labute approximate surface area is 98.3 Å². The number of aromatic nitrogens is 2. The fraction of sp³-hybridized carbons (Fsp3) is 0.0769. The first-order chi connectivity index (χ1) is 7.75. The van der Waals surface area contributed by atoms with Crippen LogP contribution in [0.1, 0.15) is 5.69 Å². The summed E-state index contributed by atoms with van der Waals surface area (Å²) >= 11 is 6.35. The Morgan fingerprint density at radius 1 is 1.00 bits per heavy atom. The second kappa shape index (κ2) is 3.42. The van der Waals surface area contributed by atoms with Gasteiger partial charge in [0, 0.05) is 16.6 Å². The minimum absolute atomic E-state index is 0.775. The Balaban J connectivity index is 2.28. The van der Waals surface area contributed by atoms with Crippen LogP contribution in [0.2, 0.25) is 5.02 Å². The molecule has 0 radical (unpaired) electrons. The molecule has 3 rings (SSSR count). The van der Waals surface area contributed by atoms with Crippen LogP contribution in [0.4, 0.5) is 0 Å². The normalized spacial score (nSPS) is 11.1. The van der Waals surface area contributed by atoms with E-state index in [1.165, 1.54) is 0 Å². The van der Waals surface area contributed by atoms with E-state index in [0.29, 0.717) is 0 Å². The molecule has 0 saturated heterocycles. The van der Waals surface area contributed by atoms with Gasteiger partial charge in [-0.25, -0.2) is 0 Å². The molecule has 0 amide bonds. The lowest BCUT2D eigenvalue weighted by Gasteiger charge is -1.94. The molecule has 0 aliphatic rings. The zero-order chi connectivity index (χ0) is 11.1. The number of nitrogens with one attached hydrogen (secondary N) is 2. The van der Waals surface area contributed by atoms with E-state index in [2.05, 4.69) is 9.97 Å². The van der Waals surface area contributed by atoms with E-state index in [1.807, 2.05) is 43.3 Å². The molecule has 0 unspecified atom stereocenters.